The molecule has 4 heteroatoms. The van der Waals surface area contributed by atoms with Gasteiger partial charge in [0.25, 0.3) is 0 Å². The highest BCUT2D eigenvalue weighted by Gasteiger charge is 2.18. The summed E-state index contributed by atoms with van der Waals surface area (Å²) in [6, 6.07) is 6.49. The maximum atomic E-state index is 5.17. The van der Waals surface area contributed by atoms with Gasteiger partial charge in [-0.05, 0) is 38.4 Å². The third kappa shape index (κ3) is 3.09. The van der Waals surface area contributed by atoms with Crippen molar-refractivity contribution in [1.82, 2.24) is 10.3 Å². The molecule has 1 atom stereocenters. The van der Waals surface area contributed by atoms with Crippen LogP contribution in [0.25, 0.3) is 0 Å². The molecule has 1 saturated heterocycles. The molecule has 1 aliphatic rings. The lowest BCUT2D eigenvalue weighted by Crippen LogP contribution is -2.33. The first-order valence-electron chi connectivity index (χ1n) is 6.26. The van der Waals surface area contributed by atoms with Gasteiger partial charge in [-0.1, -0.05) is 6.07 Å². The van der Waals surface area contributed by atoms with Crippen LogP contribution in [-0.2, 0) is 0 Å². The summed E-state index contributed by atoms with van der Waals surface area (Å²) >= 11 is 0. The fourth-order valence-electron chi connectivity index (χ4n) is 2.29. The first kappa shape index (κ1) is 12.2. The molecule has 0 amide bonds. The van der Waals surface area contributed by atoms with E-state index in [1.54, 1.807) is 7.11 Å². The molecule has 0 aromatic carbocycles. The van der Waals surface area contributed by atoms with E-state index in [1.165, 1.54) is 19.3 Å². The van der Waals surface area contributed by atoms with Crippen molar-refractivity contribution in [2.75, 3.05) is 32.1 Å². The highest BCUT2D eigenvalue weighted by Crippen LogP contribution is 2.20. The summed E-state index contributed by atoms with van der Waals surface area (Å²) < 4.78 is 5.17. The molecule has 1 aliphatic heterocycles. The van der Waals surface area contributed by atoms with E-state index in [9.17, 15) is 0 Å². The molecular formula is C13H21N3O. The first-order valence-corrected chi connectivity index (χ1v) is 6.26. The largest absolute Gasteiger partial charge is 0.481 e. The van der Waals surface area contributed by atoms with E-state index in [2.05, 4.69) is 22.2 Å². The third-order valence-corrected chi connectivity index (χ3v) is 3.37. The number of nitrogens with one attached hydrogen (secondary N) is 1. The number of nitrogens with zero attached hydrogens (tertiary/aromatic N) is 2. The molecule has 2 rings (SSSR count). The van der Waals surface area contributed by atoms with Gasteiger partial charge < -0.3 is 15.0 Å². The minimum Gasteiger partial charge on any atom is -0.481 e. The van der Waals surface area contributed by atoms with Gasteiger partial charge in [-0.2, -0.15) is 4.98 Å². The summed E-state index contributed by atoms with van der Waals surface area (Å²) in [6.07, 6.45) is 3.64. The van der Waals surface area contributed by atoms with Crippen molar-refractivity contribution >= 4 is 5.82 Å². The quantitative estimate of drug-likeness (QED) is 0.864. The van der Waals surface area contributed by atoms with E-state index in [0.717, 1.165) is 18.9 Å². The number of anilines is 1. The SMILES string of the molecule is COc1cccc(N(C)C2CCCNCC2)n1. The minimum absolute atomic E-state index is 0.574. The molecule has 0 bridgehead atoms. The number of pyridine rings is 1. The highest BCUT2D eigenvalue weighted by molar-refractivity contribution is 5.40. The van der Waals surface area contributed by atoms with Crippen molar-refractivity contribution in [3.05, 3.63) is 18.2 Å². The number of hydrogen-bond acceptors (Lipinski definition) is 4. The van der Waals surface area contributed by atoms with Crippen molar-refractivity contribution in [2.24, 2.45) is 0 Å². The van der Waals surface area contributed by atoms with Crippen LogP contribution in [0.15, 0.2) is 18.2 Å². The van der Waals surface area contributed by atoms with E-state index >= 15 is 0 Å². The van der Waals surface area contributed by atoms with Gasteiger partial charge in [0.05, 0.1) is 7.11 Å². The summed E-state index contributed by atoms with van der Waals surface area (Å²) in [5.74, 6) is 1.68. The Morgan fingerprint density at radius 2 is 2.24 bits per heavy atom. The van der Waals surface area contributed by atoms with E-state index in [1.807, 2.05) is 18.2 Å². The lowest BCUT2D eigenvalue weighted by molar-refractivity contribution is 0.397. The molecule has 1 fully saturated rings. The molecule has 0 saturated carbocycles. The van der Waals surface area contributed by atoms with Crippen molar-refractivity contribution in [3.63, 3.8) is 0 Å². The van der Waals surface area contributed by atoms with Crippen LogP contribution in [0.4, 0.5) is 5.82 Å². The fourth-order valence-corrected chi connectivity index (χ4v) is 2.29. The zero-order valence-electron chi connectivity index (χ0n) is 10.6. The smallest absolute Gasteiger partial charge is 0.214 e. The average Bonchev–Trinajstić information content (AvgIpc) is 2.67. The number of methoxy groups -OCH3 is 1. The molecule has 17 heavy (non-hydrogen) atoms. The van der Waals surface area contributed by atoms with Crippen LogP contribution in [0.1, 0.15) is 19.3 Å². The standard InChI is InChI=1S/C13H21N3O/c1-16(11-5-4-9-14-10-8-11)12-6-3-7-13(15-12)17-2/h3,6-7,11,14H,4-5,8-10H2,1-2H3. The maximum Gasteiger partial charge on any atom is 0.214 e. The van der Waals surface area contributed by atoms with Crippen molar-refractivity contribution in [2.45, 2.75) is 25.3 Å². The lowest BCUT2D eigenvalue weighted by atomic mass is 10.1. The van der Waals surface area contributed by atoms with Gasteiger partial charge in [-0.15, -0.1) is 0 Å². The van der Waals surface area contributed by atoms with E-state index in [0.29, 0.717) is 11.9 Å². The van der Waals surface area contributed by atoms with Gasteiger partial charge in [0.2, 0.25) is 5.88 Å². The molecule has 1 unspecified atom stereocenters. The van der Waals surface area contributed by atoms with Crippen molar-refractivity contribution in [3.8, 4) is 5.88 Å². The van der Waals surface area contributed by atoms with E-state index in [4.69, 9.17) is 4.74 Å². The molecule has 1 N–H and O–H groups in total. The van der Waals surface area contributed by atoms with Crippen molar-refractivity contribution in [1.29, 1.82) is 0 Å². The Kier molecular flexibility index (Phi) is 4.20. The first-order chi connectivity index (χ1) is 8.31. The number of ether oxygens (including phenoxy) is 1. The van der Waals surface area contributed by atoms with Crippen LogP contribution in [0.5, 0.6) is 5.88 Å². The summed E-state index contributed by atoms with van der Waals surface area (Å²) in [4.78, 5) is 6.75. The van der Waals surface area contributed by atoms with Crippen LogP contribution in [0, 0.1) is 0 Å². The minimum atomic E-state index is 0.574. The van der Waals surface area contributed by atoms with Gasteiger partial charge in [-0.25, -0.2) is 0 Å². The Morgan fingerprint density at radius 3 is 3.06 bits per heavy atom. The van der Waals surface area contributed by atoms with Crippen LogP contribution in [0.2, 0.25) is 0 Å². The predicted octanol–water partition coefficient (Wildman–Crippen LogP) is 1.67. The van der Waals surface area contributed by atoms with E-state index in [-0.39, 0.29) is 0 Å². The van der Waals surface area contributed by atoms with Gasteiger partial charge in [0.15, 0.2) is 0 Å². The molecule has 0 spiro atoms. The molecule has 1 aromatic heterocycles. The maximum absolute atomic E-state index is 5.17. The summed E-state index contributed by atoms with van der Waals surface area (Å²) in [7, 11) is 3.78. The Bertz CT molecular complexity index is 348. The number of hydrogen-bond donors (Lipinski definition) is 1. The summed E-state index contributed by atoms with van der Waals surface area (Å²) in [5.41, 5.74) is 0. The molecule has 94 valence electrons. The molecule has 0 aliphatic carbocycles. The van der Waals surface area contributed by atoms with Gasteiger partial charge in [0, 0.05) is 19.2 Å². The second-order valence-electron chi connectivity index (χ2n) is 4.48. The monoisotopic (exact) mass is 235 g/mol. The normalized spacial score (nSPS) is 20.7. The Balaban J connectivity index is 2.08. The average molecular weight is 235 g/mol. The molecule has 1 aromatic rings. The van der Waals surface area contributed by atoms with Crippen LogP contribution in [0.3, 0.4) is 0 Å². The Hall–Kier alpha value is -1.29. The summed E-state index contributed by atoms with van der Waals surface area (Å²) in [6.45, 7) is 2.23. The second-order valence-corrected chi connectivity index (χ2v) is 4.48. The van der Waals surface area contributed by atoms with Gasteiger partial charge in [-0.3, -0.25) is 0 Å². The van der Waals surface area contributed by atoms with E-state index < -0.39 is 0 Å². The highest BCUT2D eigenvalue weighted by atomic mass is 16.5. The fraction of sp³-hybridized carbons (Fsp3) is 0.615. The third-order valence-electron chi connectivity index (χ3n) is 3.37. The van der Waals surface area contributed by atoms with Gasteiger partial charge in [0.1, 0.15) is 5.82 Å². The summed E-state index contributed by atoms with van der Waals surface area (Å²) in [5, 5.41) is 3.43. The van der Waals surface area contributed by atoms with Crippen LogP contribution >= 0.6 is 0 Å². The number of aromatic nitrogens is 1. The van der Waals surface area contributed by atoms with Crippen molar-refractivity contribution < 1.29 is 4.74 Å². The second kappa shape index (κ2) is 5.87. The Labute approximate surface area is 103 Å². The molecule has 4 nitrogen and oxygen atoms in total. The zero-order chi connectivity index (χ0) is 12.1. The number of rotatable bonds is 3. The molecule has 2 heterocycles. The lowest BCUT2D eigenvalue weighted by Gasteiger charge is -2.28. The molecule has 0 radical (unpaired) electrons. The van der Waals surface area contributed by atoms with Crippen LogP contribution in [-0.4, -0.2) is 38.3 Å². The molecular weight excluding hydrogens is 214 g/mol. The topological polar surface area (TPSA) is 37.4 Å². The van der Waals surface area contributed by atoms with Gasteiger partial charge >= 0.3 is 0 Å². The van der Waals surface area contributed by atoms with Crippen LogP contribution < -0.4 is 15.0 Å². The predicted molar refractivity (Wildman–Crippen MR) is 69.7 cm³/mol. The zero-order valence-corrected chi connectivity index (χ0v) is 10.6. The Morgan fingerprint density at radius 1 is 1.35 bits per heavy atom.